The topological polar surface area (TPSA) is 83.7 Å². The van der Waals surface area contributed by atoms with Crippen molar-refractivity contribution in [1.29, 1.82) is 0 Å². The Hall–Kier alpha value is -3.04. The normalized spacial score (nSPS) is 15.8. The molecular weight excluding hydrogens is 400 g/mol. The van der Waals surface area contributed by atoms with Crippen LogP contribution in [0.5, 0.6) is 0 Å². The maximum atomic E-state index is 13.2. The molecule has 1 aliphatic heterocycles. The zero-order chi connectivity index (χ0) is 20.7. The number of benzene rings is 2. The van der Waals surface area contributed by atoms with E-state index in [1.807, 2.05) is 49.4 Å². The Balaban J connectivity index is 1.35. The summed E-state index contributed by atoms with van der Waals surface area (Å²) in [6.45, 7) is 4.00. The lowest BCUT2D eigenvalue weighted by Crippen LogP contribution is -2.49. The molecule has 3 heterocycles. The molecule has 8 nitrogen and oxygen atoms in total. The van der Waals surface area contributed by atoms with E-state index in [-0.39, 0.29) is 0 Å². The Morgan fingerprint density at radius 1 is 0.900 bits per heavy atom. The molecule has 4 aromatic rings. The molecule has 5 rings (SSSR count). The second-order valence-corrected chi connectivity index (χ2v) is 9.27. The molecule has 0 bridgehead atoms. The molecule has 1 fully saturated rings. The van der Waals surface area contributed by atoms with Crippen molar-refractivity contribution in [2.24, 2.45) is 0 Å². The minimum absolute atomic E-state index is 0.339. The van der Waals surface area contributed by atoms with Crippen LogP contribution in [0.25, 0.3) is 16.4 Å². The van der Waals surface area contributed by atoms with Gasteiger partial charge in [0.15, 0.2) is 11.5 Å². The molecule has 2 aromatic carbocycles. The van der Waals surface area contributed by atoms with Gasteiger partial charge in [-0.15, -0.1) is 15.3 Å². The minimum atomic E-state index is -3.53. The Bertz CT molecular complexity index is 1330. The second-order valence-electron chi connectivity index (χ2n) is 7.33. The number of aryl methyl sites for hydroxylation is 1. The lowest BCUT2D eigenvalue weighted by atomic mass is 10.1. The molecule has 9 heteroatoms. The first kappa shape index (κ1) is 19.0. The first-order chi connectivity index (χ1) is 14.6. The van der Waals surface area contributed by atoms with Crippen LogP contribution in [0.3, 0.4) is 0 Å². The Kier molecular flexibility index (Phi) is 4.63. The van der Waals surface area contributed by atoms with E-state index in [0.717, 1.165) is 28.8 Å². The van der Waals surface area contributed by atoms with Crippen molar-refractivity contribution in [2.45, 2.75) is 18.2 Å². The molecule has 2 aromatic heterocycles. The number of hydrogen-bond acceptors (Lipinski definition) is 6. The summed E-state index contributed by atoms with van der Waals surface area (Å²) < 4.78 is 29.7. The molecule has 30 heavy (non-hydrogen) atoms. The average molecular weight is 423 g/mol. The third kappa shape index (κ3) is 3.20. The van der Waals surface area contributed by atoms with Crippen molar-refractivity contribution in [3.8, 4) is 0 Å². The number of anilines is 1. The highest BCUT2D eigenvalue weighted by molar-refractivity contribution is 7.89. The summed E-state index contributed by atoms with van der Waals surface area (Å²) in [6.07, 6.45) is 0.745. The van der Waals surface area contributed by atoms with Gasteiger partial charge in [-0.2, -0.15) is 8.82 Å². The monoisotopic (exact) mass is 422 g/mol. The van der Waals surface area contributed by atoms with Crippen LogP contribution in [0.2, 0.25) is 0 Å². The van der Waals surface area contributed by atoms with E-state index in [1.54, 1.807) is 21.0 Å². The van der Waals surface area contributed by atoms with E-state index >= 15 is 0 Å². The third-order valence-corrected chi connectivity index (χ3v) is 7.45. The van der Waals surface area contributed by atoms with Gasteiger partial charge in [0, 0.05) is 32.6 Å². The quantitative estimate of drug-likeness (QED) is 0.502. The zero-order valence-corrected chi connectivity index (χ0v) is 17.5. The number of hydrogen-bond donors (Lipinski definition) is 0. The van der Waals surface area contributed by atoms with Gasteiger partial charge in [0.2, 0.25) is 10.0 Å². The molecule has 154 valence electrons. The summed E-state index contributed by atoms with van der Waals surface area (Å²) in [7, 11) is -3.53. The Labute approximate surface area is 174 Å². The summed E-state index contributed by atoms with van der Waals surface area (Å²) in [4.78, 5) is 2.44. The number of fused-ring (bicyclic) bond motifs is 2. The van der Waals surface area contributed by atoms with Crippen LogP contribution >= 0.6 is 0 Å². The predicted molar refractivity (Wildman–Crippen MR) is 115 cm³/mol. The Morgan fingerprint density at radius 3 is 2.43 bits per heavy atom. The van der Waals surface area contributed by atoms with Gasteiger partial charge >= 0.3 is 0 Å². The largest absolute Gasteiger partial charge is 0.353 e. The molecule has 1 aliphatic rings. The van der Waals surface area contributed by atoms with Crippen molar-refractivity contribution in [3.05, 3.63) is 60.4 Å². The maximum absolute atomic E-state index is 13.2. The van der Waals surface area contributed by atoms with E-state index in [9.17, 15) is 8.42 Å². The highest BCUT2D eigenvalue weighted by atomic mass is 32.2. The van der Waals surface area contributed by atoms with Gasteiger partial charge in [-0.3, -0.25) is 0 Å². The second kappa shape index (κ2) is 7.33. The highest BCUT2D eigenvalue weighted by Crippen LogP contribution is 2.24. The van der Waals surface area contributed by atoms with Crippen LogP contribution < -0.4 is 4.90 Å². The molecule has 0 atom stereocenters. The summed E-state index contributed by atoms with van der Waals surface area (Å²) in [5, 5.41) is 14.9. The van der Waals surface area contributed by atoms with Gasteiger partial charge in [0.1, 0.15) is 5.82 Å². The van der Waals surface area contributed by atoms with Crippen molar-refractivity contribution in [3.63, 3.8) is 0 Å². The number of piperazine rings is 1. The molecule has 0 N–H and O–H groups in total. The van der Waals surface area contributed by atoms with E-state index in [0.29, 0.717) is 36.7 Å². The lowest BCUT2D eigenvalue weighted by Gasteiger charge is -2.34. The summed E-state index contributed by atoms with van der Waals surface area (Å²) >= 11 is 0. The maximum Gasteiger partial charge on any atom is 0.243 e. The molecule has 0 saturated carbocycles. The van der Waals surface area contributed by atoms with Gasteiger partial charge in [0.25, 0.3) is 0 Å². The van der Waals surface area contributed by atoms with Gasteiger partial charge in [0.05, 0.1) is 4.90 Å². The van der Waals surface area contributed by atoms with Crippen LogP contribution in [0.4, 0.5) is 5.82 Å². The molecule has 1 saturated heterocycles. The molecule has 0 spiro atoms. The van der Waals surface area contributed by atoms with Crippen molar-refractivity contribution in [2.75, 3.05) is 31.1 Å². The minimum Gasteiger partial charge on any atom is -0.353 e. The van der Waals surface area contributed by atoms with Crippen molar-refractivity contribution >= 4 is 32.3 Å². The lowest BCUT2D eigenvalue weighted by molar-refractivity contribution is 0.383. The number of rotatable bonds is 4. The van der Waals surface area contributed by atoms with Gasteiger partial charge in [-0.25, -0.2) is 8.42 Å². The van der Waals surface area contributed by atoms with Gasteiger partial charge in [-0.05, 0) is 35.0 Å². The predicted octanol–water partition coefficient (Wildman–Crippen LogP) is 2.35. The molecular formula is C21H22N6O2S. The molecule has 0 unspecified atom stereocenters. The van der Waals surface area contributed by atoms with Crippen molar-refractivity contribution < 1.29 is 8.42 Å². The average Bonchev–Trinajstić information content (AvgIpc) is 3.21. The summed E-state index contributed by atoms with van der Waals surface area (Å²) in [6, 6.07) is 16.9. The van der Waals surface area contributed by atoms with E-state index in [2.05, 4.69) is 20.2 Å². The number of aromatic nitrogens is 4. The highest BCUT2D eigenvalue weighted by Gasteiger charge is 2.29. The van der Waals surface area contributed by atoms with E-state index in [1.165, 1.54) is 0 Å². The van der Waals surface area contributed by atoms with Crippen LogP contribution in [0.15, 0.2) is 59.5 Å². The fraction of sp³-hybridized carbons (Fsp3) is 0.286. The first-order valence-electron chi connectivity index (χ1n) is 10.0. The standard InChI is InChI=1S/C21H22N6O2S/c1-2-19-22-23-20-9-10-21(24-27(19)20)25-11-13-26(14-12-25)30(28,29)18-8-7-16-5-3-4-6-17(16)15-18/h3-10,15H,2,11-14H2,1H3. The molecule has 0 aliphatic carbocycles. The van der Waals surface area contributed by atoms with Crippen LogP contribution in [0, 0.1) is 0 Å². The van der Waals surface area contributed by atoms with Crippen LogP contribution in [-0.4, -0.2) is 58.7 Å². The number of sulfonamides is 1. The fourth-order valence-corrected chi connectivity index (χ4v) is 5.31. The summed E-state index contributed by atoms with van der Waals surface area (Å²) in [5.74, 6) is 1.61. The van der Waals surface area contributed by atoms with E-state index < -0.39 is 10.0 Å². The molecule has 0 amide bonds. The SMILES string of the molecule is CCc1nnc2ccc(N3CCN(S(=O)(=O)c4ccc5ccccc5c4)CC3)nn12. The van der Waals surface area contributed by atoms with Gasteiger partial charge < -0.3 is 4.90 Å². The third-order valence-electron chi connectivity index (χ3n) is 5.55. The van der Waals surface area contributed by atoms with E-state index in [4.69, 9.17) is 0 Å². The zero-order valence-electron chi connectivity index (χ0n) is 16.6. The summed E-state index contributed by atoms with van der Waals surface area (Å²) in [5.41, 5.74) is 0.716. The first-order valence-corrected chi connectivity index (χ1v) is 11.5. The van der Waals surface area contributed by atoms with Crippen LogP contribution in [-0.2, 0) is 16.4 Å². The molecule has 0 radical (unpaired) electrons. The fourth-order valence-electron chi connectivity index (χ4n) is 3.85. The smallest absolute Gasteiger partial charge is 0.243 e. The van der Waals surface area contributed by atoms with Gasteiger partial charge in [-0.1, -0.05) is 37.3 Å². The number of nitrogens with zero attached hydrogens (tertiary/aromatic N) is 6. The van der Waals surface area contributed by atoms with Crippen LogP contribution in [0.1, 0.15) is 12.7 Å². The van der Waals surface area contributed by atoms with Crippen molar-refractivity contribution in [1.82, 2.24) is 24.1 Å². The Morgan fingerprint density at radius 2 is 1.67 bits per heavy atom.